The van der Waals surface area contributed by atoms with Crippen LogP contribution in [0, 0.1) is 13.7 Å². The Morgan fingerprint density at radius 1 is 1.16 bits per heavy atom. The van der Waals surface area contributed by atoms with Crippen LogP contribution in [0.15, 0.2) is 52.3 Å². The number of hydrogen-bond donors (Lipinski definition) is 0. The van der Waals surface area contributed by atoms with Crippen LogP contribution in [-0.4, -0.2) is 4.92 Å². The van der Waals surface area contributed by atoms with Crippen molar-refractivity contribution in [2.45, 2.75) is 23.1 Å². The lowest BCUT2D eigenvalue weighted by Crippen LogP contribution is -1.94. The van der Waals surface area contributed by atoms with Crippen LogP contribution < -0.4 is 0 Å². The number of rotatable bonds is 4. The number of aryl methyl sites for hydroxylation is 1. The Morgan fingerprint density at radius 3 is 2.37 bits per heavy atom. The molecular weight excluding hydrogens is 373 g/mol. The largest absolute Gasteiger partial charge is 0.273 e. The van der Waals surface area contributed by atoms with Gasteiger partial charge in [-0.25, -0.2) is 0 Å². The summed E-state index contributed by atoms with van der Waals surface area (Å²) in [4.78, 5) is 12.7. The van der Waals surface area contributed by atoms with Crippen LogP contribution in [0.5, 0.6) is 0 Å². The first kappa shape index (κ1) is 14.3. The summed E-state index contributed by atoms with van der Waals surface area (Å²) in [6.07, 6.45) is 0.671. The van der Waals surface area contributed by atoms with E-state index in [1.165, 1.54) is 15.3 Å². The van der Waals surface area contributed by atoms with Crippen LogP contribution in [0.1, 0.15) is 12.5 Å². The molecule has 0 saturated heterocycles. The molecule has 0 aliphatic rings. The van der Waals surface area contributed by atoms with Crippen molar-refractivity contribution in [2.24, 2.45) is 0 Å². The van der Waals surface area contributed by atoms with Gasteiger partial charge in [0.05, 0.1) is 4.92 Å². The first-order valence-electron chi connectivity index (χ1n) is 5.81. The molecule has 0 aliphatic carbocycles. The second-order valence-corrected chi connectivity index (χ2v) is 6.35. The highest BCUT2D eigenvalue weighted by Gasteiger charge is 2.13. The molecule has 0 heterocycles. The molecule has 0 saturated carbocycles. The fraction of sp³-hybridized carbons (Fsp3) is 0.143. The van der Waals surface area contributed by atoms with Crippen molar-refractivity contribution >= 4 is 40.0 Å². The molecular formula is C14H12INO2S. The van der Waals surface area contributed by atoms with Crippen molar-refractivity contribution in [1.82, 2.24) is 0 Å². The van der Waals surface area contributed by atoms with Crippen molar-refractivity contribution in [1.29, 1.82) is 0 Å². The summed E-state index contributed by atoms with van der Waals surface area (Å²) in [5.41, 5.74) is 0.981. The molecule has 19 heavy (non-hydrogen) atoms. The van der Waals surface area contributed by atoms with E-state index in [-0.39, 0.29) is 10.6 Å². The molecule has 0 amide bonds. The first-order valence-corrected chi connectivity index (χ1v) is 7.70. The van der Waals surface area contributed by atoms with Crippen molar-refractivity contribution in [3.8, 4) is 0 Å². The van der Waals surface area contributed by atoms with Gasteiger partial charge in [0.1, 0.15) is 0 Å². The van der Waals surface area contributed by atoms with Gasteiger partial charge in [-0.05, 0) is 59.3 Å². The Bertz CT molecular complexity index is 599. The van der Waals surface area contributed by atoms with Gasteiger partial charge in [-0.3, -0.25) is 10.1 Å². The summed E-state index contributed by atoms with van der Waals surface area (Å²) in [5, 5.41) is 11.0. The molecule has 0 aromatic heterocycles. The lowest BCUT2D eigenvalue weighted by molar-refractivity contribution is -0.385. The van der Waals surface area contributed by atoms with Gasteiger partial charge in [0, 0.05) is 25.0 Å². The molecule has 2 aromatic rings. The maximum absolute atomic E-state index is 11.0. The van der Waals surface area contributed by atoms with Crippen LogP contribution >= 0.6 is 34.4 Å². The van der Waals surface area contributed by atoms with Crippen molar-refractivity contribution in [3.63, 3.8) is 0 Å². The molecule has 3 nitrogen and oxygen atoms in total. The molecule has 0 unspecified atom stereocenters. The standard InChI is InChI=1S/C14H12INO2S/c1-2-10-3-6-13(9-14(10)16(17)18)19-12-7-4-11(15)5-8-12/h3-9H,2H2,1H3. The molecule has 0 spiro atoms. The number of nitrogens with zero attached hydrogens (tertiary/aromatic N) is 1. The topological polar surface area (TPSA) is 43.1 Å². The van der Waals surface area contributed by atoms with Crippen molar-refractivity contribution < 1.29 is 4.92 Å². The molecule has 0 fully saturated rings. The Morgan fingerprint density at radius 2 is 1.79 bits per heavy atom. The summed E-state index contributed by atoms with van der Waals surface area (Å²) in [6.45, 7) is 1.92. The highest BCUT2D eigenvalue weighted by atomic mass is 127. The fourth-order valence-electron chi connectivity index (χ4n) is 1.71. The average molecular weight is 385 g/mol. The maximum atomic E-state index is 11.0. The SMILES string of the molecule is CCc1ccc(Sc2ccc(I)cc2)cc1[N+](=O)[O-]. The minimum atomic E-state index is -0.309. The van der Waals surface area contributed by atoms with Crippen LogP contribution in [0.4, 0.5) is 5.69 Å². The third kappa shape index (κ3) is 3.70. The predicted molar refractivity (Wildman–Crippen MR) is 85.8 cm³/mol. The second-order valence-electron chi connectivity index (χ2n) is 3.96. The first-order chi connectivity index (χ1) is 9.10. The number of benzene rings is 2. The summed E-state index contributed by atoms with van der Waals surface area (Å²) in [6, 6.07) is 13.5. The van der Waals surface area contributed by atoms with E-state index in [2.05, 4.69) is 22.6 Å². The normalized spacial score (nSPS) is 10.4. The van der Waals surface area contributed by atoms with Gasteiger partial charge in [0.15, 0.2) is 0 Å². The highest BCUT2D eigenvalue weighted by molar-refractivity contribution is 14.1. The Hall–Kier alpha value is -1.08. The molecule has 0 aliphatic heterocycles. The second kappa shape index (κ2) is 6.38. The number of halogens is 1. The zero-order chi connectivity index (χ0) is 13.8. The van der Waals surface area contributed by atoms with Crippen LogP contribution in [0.3, 0.4) is 0 Å². The molecule has 5 heteroatoms. The molecule has 2 rings (SSSR count). The van der Waals surface area contributed by atoms with E-state index in [9.17, 15) is 10.1 Å². The molecule has 0 atom stereocenters. The van der Waals surface area contributed by atoms with Crippen LogP contribution in [0.25, 0.3) is 0 Å². The highest BCUT2D eigenvalue weighted by Crippen LogP contribution is 2.32. The smallest absolute Gasteiger partial charge is 0.258 e. The zero-order valence-electron chi connectivity index (χ0n) is 10.3. The Balaban J connectivity index is 2.28. The van der Waals surface area contributed by atoms with E-state index in [0.29, 0.717) is 6.42 Å². The number of hydrogen-bond acceptors (Lipinski definition) is 3. The average Bonchev–Trinajstić information content (AvgIpc) is 2.41. The lowest BCUT2D eigenvalue weighted by Gasteiger charge is -2.04. The van der Waals surface area contributed by atoms with Gasteiger partial charge < -0.3 is 0 Å². The number of nitro groups is 1. The summed E-state index contributed by atoms with van der Waals surface area (Å²) in [5.74, 6) is 0. The molecule has 98 valence electrons. The predicted octanol–water partition coefficient (Wildman–Crippen LogP) is 4.91. The van der Waals surface area contributed by atoms with Crippen molar-refractivity contribution in [3.05, 3.63) is 61.7 Å². The zero-order valence-corrected chi connectivity index (χ0v) is 13.3. The van der Waals surface area contributed by atoms with E-state index in [4.69, 9.17) is 0 Å². The monoisotopic (exact) mass is 385 g/mol. The minimum Gasteiger partial charge on any atom is -0.258 e. The van der Waals surface area contributed by atoms with Gasteiger partial charge in [-0.1, -0.05) is 24.8 Å². The van der Waals surface area contributed by atoms with Gasteiger partial charge in [0.25, 0.3) is 5.69 Å². The maximum Gasteiger partial charge on any atom is 0.273 e. The van der Waals surface area contributed by atoms with Gasteiger partial charge >= 0.3 is 0 Å². The van der Waals surface area contributed by atoms with Gasteiger partial charge in [-0.15, -0.1) is 0 Å². The van der Waals surface area contributed by atoms with E-state index < -0.39 is 0 Å². The number of nitro benzene ring substituents is 1. The fourth-order valence-corrected chi connectivity index (χ4v) is 2.93. The molecule has 2 aromatic carbocycles. The van der Waals surface area contributed by atoms with E-state index in [1.807, 2.05) is 43.3 Å². The van der Waals surface area contributed by atoms with E-state index in [1.54, 1.807) is 6.07 Å². The van der Waals surface area contributed by atoms with E-state index in [0.717, 1.165) is 15.4 Å². The Kier molecular flexibility index (Phi) is 4.81. The van der Waals surface area contributed by atoms with Crippen LogP contribution in [-0.2, 0) is 6.42 Å². The third-order valence-corrected chi connectivity index (χ3v) is 4.40. The summed E-state index contributed by atoms with van der Waals surface area (Å²) >= 11 is 3.79. The quantitative estimate of drug-likeness (QED) is 0.427. The lowest BCUT2D eigenvalue weighted by atomic mass is 10.1. The van der Waals surface area contributed by atoms with Crippen molar-refractivity contribution in [2.75, 3.05) is 0 Å². The van der Waals surface area contributed by atoms with Gasteiger partial charge in [-0.2, -0.15) is 0 Å². The summed E-state index contributed by atoms with van der Waals surface area (Å²) in [7, 11) is 0. The minimum absolute atomic E-state index is 0.206. The molecule has 0 bridgehead atoms. The molecule has 0 radical (unpaired) electrons. The van der Waals surface area contributed by atoms with E-state index >= 15 is 0 Å². The molecule has 0 N–H and O–H groups in total. The van der Waals surface area contributed by atoms with Crippen LogP contribution in [0.2, 0.25) is 0 Å². The Labute approximate surface area is 129 Å². The summed E-state index contributed by atoms with van der Waals surface area (Å²) < 4.78 is 1.18. The van der Waals surface area contributed by atoms with Gasteiger partial charge in [0.2, 0.25) is 0 Å². The third-order valence-electron chi connectivity index (χ3n) is 2.68.